The minimum absolute atomic E-state index is 1.10. The maximum atomic E-state index is 7.17. The van der Waals surface area contributed by atoms with Gasteiger partial charge in [0, 0.05) is 19.6 Å². The molecule has 0 atom stereocenters. The molecular weight excluding hydrogens is 183 g/mol. The Labute approximate surface area is 86.9 Å². The fourth-order valence-corrected chi connectivity index (χ4v) is 0.861. The topological polar surface area (TPSA) is 76.0 Å². The van der Waals surface area contributed by atoms with Gasteiger partial charge in [-0.1, -0.05) is 27.2 Å². The molecule has 0 amide bonds. The van der Waals surface area contributed by atoms with Crippen LogP contribution in [0.5, 0.6) is 0 Å². The second-order valence-electron chi connectivity index (χ2n) is 2.78. The Bertz CT molecular complexity index is 99.8. The van der Waals surface area contributed by atoms with E-state index in [2.05, 4.69) is 31.2 Å². The maximum absolute atomic E-state index is 7.17. The quantitative estimate of drug-likeness (QED) is 0.270. The van der Waals surface area contributed by atoms with Crippen LogP contribution in [0.1, 0.15) is 33.6 Å². The highest BCUT2D eigenvalue weighted by Crippen LogP contribution is 1.85. The molecule has 0 aliphatic carbocycles. The van der Waals surface area contributed by atoms with Crippen molar-refractivity contribution >= 4 is 7.32 Å². The van der Waals surface area contributed by atoms with Gasteiger partial charge in [-0.15, -0.1) is 0 Å². The predicted molar refractivity (Wildman–Crippen MR) is 58.2 cm³/mol. The van der Waals surface area contributed by atoms with Gasteiger partial charge < -0.3 is 15.1 Å². The van der Waals surface area contributed by atoms with Crippen molar-refractivity contribution in [2.45, 2.75) is 33.6 Å². The van der Waals surface area contributed by atoms with Gasteiger partial charge in [0.1, 0.15) is 0 Å². The molecule has 0 heterocycles. The van der Waals surface area contributed by atoms with Gasteiger partial charge >= 0.3 is 7.32 Å². The summed E-state index contributed by atoms with van der Waals surface area (Å²) < 4.78 is 0. The van der Waals surface area contributed by atoms with Crippen LogP contribution in [0.2, 0.25) is 0 Å². The lowest BCUT2D eigenvalue weighted by Crippen LogP contribution is -2.38. The standard InChI is InChI=1S/C8H20N2.BH3O3/c1-4-7-8-9-10(5-2)6-3;2-1(3)4/h9H,4-8H2,1-3H3;2-4H. The van der Waals surface area contributed by atoms with Crippen LogP contribution in [0, 0.1) is 0 Å². The molecule has 86 valence electrons. The number of hydrogen-bond acceptors (Lipinski definition) is 5. The first-order valence-electron chi connectivity index (χ1n) is 5.11. The van der Waals surface area contributed by atoms with E-state index < -0.39 is 7.32 Å². The molecule has 5 nitrogen and oxygen atoms in total. The van der Waals surface area contributed by atoms with E-state index in [1.807, 2.05) is 0 Å². The van der Waals surface area contributed by atoms with Crippen molar-refractivity contribution in [1.29, 1.82) is 0 Å². The summed E-state index contributed by atoms with van der Waals surface area (Å²) in [6.07, 6.45) is 2.55. The lowest BCUT2D eigenvalue weighted by Gasteiger charge is -2.18. The summed E-state index contributed by atoms with van der Waals surface area (Å²) in [5.41, 5.74) is 3.35. The third-order valence-electron chi connectivity index (χ3n) is 1.63. The Morgan fingerprint density at radius 2 is 1.50 bits per heavy atom. The van der Waals surface area contributed by atoms with Gasteiger partial charge in [-0.05, 0) is 6.42 Å². The molecule has 0 aliphatic rings. The molecule has 0 saturated carbocycles. The van der Waals surface area contributed by atoms with Gasteiger partial charge in [0.15, 0.2) is 0 Å². The fourth-order valence-electron chi connectivity index (χ4n) is 0.861. The zero-order chi connectivity index (χ0) is 11.4. The second-order valence-corrected chi connectivity index (χ2v) is 2.78. The molecule has 0 fully saturated rings. The molecule has 0 saturated heterocycles. The molecule has 0 aromatic rings. The summed E-state index contributed by atoms with van der Waals surface area (Å²) in [6, 6.07) is 0. The van der Waals surface area contributed by atoms with Crippen LogP contribution < -0.4 is 5.43 Å². The van der Waals surface area contributed by atoms with Gasteiger partial charge in [0.25, 0.3) is 0 Å². The van der Waals surface area contributed by atoms with Crippen LogP contribution >= 0.6 is 0 Å². The predicted octanol–water partition coefficient (Wildman–Crippen LogP) is -0.419. The van der Waals surface area contributed by atoms with Gasteiger partial charge in [-0.25, -0.2) is 5.01 Å². The van der Waals surface area contributed by atoms with E-state index in [-0.39, 0.29) is 0 Å². The molecule has 0 radical (unpaired) electrons. The highest BCUT2D eigenvalue weighted by molar-refractivity contribution is 6.30. The molecular formula is C8H23BN2O3. The molecule has 14 heavy (non-hydrogen) atoms. The van der Waals surface area contributed by atoms with Gasteiger partial charge in [0.2, 0.25) is 0 Å². The zero-order valence-electron chi connectivity index (χ0n) is 9.40. The molecule has 0 bridgehead atoms. The van der Waals surface area contributed by atoms with Crippen LogP contribution in [-0.4, -0.2) is 47.0 Å². The molecule has 0 rings (SSSR count). The minimum atomic E-state index is -2.17. The van der Waals surface area contributed by atoms with Crippen molar-refractivity contribution < 1.29 is 15.1 Å². The smallest absolute Gasteiger partial charge is 0.402 e. The third-order valence-corrected chi connectivity index (χ3v) is 1.63. The van der Waals surface area contributed by atoms with Crippen LogP contribution in [0.3, 0.4) is 0 Å². The SMILES string of the molecule is CCCCNN(CC)CC.OB(O)O. The van der Waals surface area contributed by atoms with E-state index in [4.69, 9.17) is 15.1 Å². The van der Waals surface area contributed by atoms with Crippen molar-refractivity contribution in [2.75, 3.05) is 19.6 Å². The summed E-state index contributed by atoms with van der Waals surface area (Å²) in [6.45, 7) is 9.87. The first-order chi connectivity index (χ1) is 6.58. The number of unbranched alkanes of at least 4 members (excludes halogenated alkanes) is 1. The number of rotatable bonds is 6. The van der Waals surface area contributed by atoms with E-state index >= 15 is 0 Å². The monoisotopic (exact) mass is 206 g/mol. The minimum Gasteiger partial charge on any atom is -0.402 e. The average Bonchev–Trinajstić information content (AvgIpc) is 2.12. The normalized spacial score (nSPS) is 9.64. The Morgan fingerprint density at radius 3 is 1.79 bits per heavy atom. The van der Waals surface area contributed by atoms with Gasteiger partial charge in [-0.2, -0.15) is 0 Å². The van der Waals surface area contributed by atoms with Crippen LogP contribution in [0.25, 0.3) is 0 Å². The lowest BCUT2D eigenvalue weighted by atomic mass is 10.3. The Hall–Kier alpha value is -0.135. The van der Waals surface area contributed by atoms with Crippen molar-refractivity contribution in [3.8, 4) is 0 Å². The molecule has 4 N–H and O–H groups in total. The average molecular weight is 206 g/mol. The summed E-state index contributed by atoms with van der Waals surface area (Å²) in [5, 5.41) is 23.7. The maximum Gasteiger partial charge on any atom is 0.631 e. The molecule has 0 aromatic carbocycles. The van der Waals surface area contributed by atoms with Crippen molar-refractivity contribution in [3.63, 3.8) is 0 Å². The van der Waals surface area contributed by atoms with E-state index in [0.717, 1.165) is 19.6 Å². The summed E-state index contributed by atoms with van der Waals surface area (Å²) in [4.78, 5) is 0. The zero-order valence-corrected chi connectivity index (χ0v) is 9.40. The van der Waals surface area contributed by atoms with Crippen LogP contribution in [0.4, 0.5) is 0 Å². The van der Waals surface area contributed by atoms with Gasteiger partial charge in [-0.3, -0.25) is 5.43 Å². The number of hydrazine groups is 1. The van der Waals surface area contributed by atoms with Crippen LogP contribution in [0.15, 0.2) is 0 Å². The van der Waals surface area contributed by atoms with E-state index in [0.29, 0.717) is 0 Å². The Kier molecular flexibility index (Phi) is 15.0. The molecule has 0 aliphatic heterocycles. The summed E-state index contributed by atoms with van der Waals surface area (Å²) in [5.74, 6) is 0. The van der Waals surface area contributed by atoms with E-state index in [1.54, 1.807) is 0 Å². The largest absolute Gasteiger partial charge is 0.631 e. The van der Waals surface area contributed by atoms with Crippen LogP contribution in [-0.2, 0) is 0 Å². The highest BCUT2D eigenvalue weighted by atomic mass is 16.5. The van der Waals surface area contributed by atoms with Gasteiger partial charge in [0.05, 0.1) is 0 Å². The molecule has 0 unspecified atom stereocenters. The number of hydrogen-bond donors (Lipinski definition) is 4. The Balaban J connectivity index is 0. The number of nitrogens with one attached hydrogen (secondary N) is 1. The molecule has 0 aromatic heterocycles. The second kappa shape index (κ2) is 12.9. The first-order valence-corrected chi connectivity index (χ1v) is 5.11. The third kappa shape index (κ3) is 17.8. The Morgan fingerprint density at radius 1 is 1.07 bits per heavy atom. The summed E-state index contributed by atoms with van der Waals surface area (Å²) >= 11 is 0. The highest BCUT2D eigenvalue weighted by Gasteiger charge is 1.94. The molecule has 0 spiro atoms. The van der Waals surface area contributed by atoms with Crippen molar-refractivity contribution in [1.82, 2.24) is 10.4 Å². The number of nitrogens with zero attached hydrogens (tertiary/aromatic N) is 1. The molecule has 6 heteroatoms. The lowest BCUT2D eigenvalue weighted by molar-refractivity contribution is 0.208. The fraction of sp³-hybridized carbons (Fsp3) is 1.00. The first kappa shape index (κ1) is 16.3. The van der Waals surface area contributed by atoms with E-state index in [9.17, 15) is 0 Å². The van der Waals surface area contributed by atoms with Crippen molar-refractivity contribution in [3.05, 3.63) is 0 Å². The van der Waals surface area contributed by atoms with Crippen molar-refractivity contribution in [2.24, 2.45) is 0 Å². The van der Waals surface area contributed by atoms with E-state index in [1.165, 1.54) is 12.8 Å². The summed E-state index contributed by atoms with van der Waals surface area (Å²) in [7, 11) is -2.17.